The molecule has 0 atom stereocenters. The molecule has 10 nitrogen and oxygen atoms in total. The summed E-state index contributed by atoms with van der Waals surface area (Å²) in [6, 6.07) is 0. The maximum atomic E-state index is 11.9. The highest BCUT2D eigenvalue weighted by atomic mass is 16.5. The first-order chi connectivity index (χ1) is 16.6. The highest BCUT2D eigenvalue weighted by Crippen LogP contribution is 2.02. The number of nitrogens with one attached hydrogen (secondary N) is 3. The molecule has 204 valence electrons. The van der Waals surface area contributed by atoms with Gasteiger partial charge in [-0.05, 0) is 12.8 Å². The van der Waals surface area contributed by atoms with E-state index in [1.54, 1.807) is 0 Å². The van der Waals surface area contributed by atoms with Gasteiger partial charge in [-0.3, -0.25) is 19.2 Å². The molecule has 0 saturated heterocycles. The van der Waals surface area contributed by atoms with Gasteiger partial charge in [-0.2, -0.15) is 0 Å². The van der Waals surface area contributed by atoms with Crippen LogP contribution in [0.2, 0.25) is 0 Å². The Kier molecular flexibility index (Phi) is 19.0. The molecule has 10 heteroatoms. The summed E-state index contributed by atoms with van der Waals surface area (Å²) in [6.45, 7) is 9.29. The Morgan fingerprint density at radius 2 is 1.34 bits per heavy atom. The number of ketones is 1. The zero-order valence-electron chi connectivity index (χ0n) is 22.6. The molecule has 0 aliphatic heterocycles. The highest BCUT2D eigenvalue weighted by molar-refractivity contribution is 5.81. The number of carbonyl (C=O) groups excluding carboxylic acids is 4. The van der Waals surface area contributed by atoms with E-state index in [-0.39, 0.29) is 42.6 Å². The van der Waals surface area contributed by atoms with Crippen LogP contribution in [0.4, 0.5) is 0 Å². The second kappa shape index (κ2) is 20.2. The van der Waals surface area contributed by atoms with E-state index in [9.17, 15) is 19.2 Å². The van der Waals surface area contributed by atoms with Crippen molar-refractivity contribution in [2.75, 3.05) is 73.2 Å². The zero-order valence-corrected chi connectivity index (χ0v) is 22.6. The number of carbonyl (C=O) groups is 4. The lowest BCUT2D eigenvalue weighted by Gasteiger charge is -2.29. The van der Waals surface area contributed by atoms with Crippen molar-refractivity contribution < 1.29 is 33.1 Å². The lowest BCUT2D eigenvalue weighted by atomic mass is 10.1. The third kappa shape index (κ3) is 21.0. The van der Waals surface area contributed by atoms with E-state index >= 15 is 0 Å². The van der Waals surface area contributed by atoms with Gasteiger partial charge in [-0.15, -0.1) is 0 Å². The van der Waals surface area contributed by atoms with Gasteiger partial charge in [0.05, 0.1) is 47.0 Å². The quantitative estimate of drug-likeness (QED) is 0.150. The van der Waals surface area contributed by atoms with E-state index in [1.165, 1.54) is 0 Å². The maximum absolute atomic E-state index is 11.9. The van der Waals surface area contributed by atoms with Crippen LogP contribution in [0.15, 0.2) is 0 Å². The third-order valence-electron chi connectivity index (χ3n) is 5.35. The third-order valence-corrected chi connectivity index (χ3v) is 5.35. The Bertz CT molecular complexity index is 625. The topological polar surface area (TPSA) is 123 Å². The summed E-state index contributed by atoms with van der Waals surface area (Å²) >= 11 is 0. The molecule has 0 fully saturated rings. The fourth-order valence-electron chi connectivity index (χ4n) is 3.07. The summed E-state index contributed by atoms with van der Waals surface area (Å²) in [5, 5.41) is 8.40. The summed E-state index contributed by atoms with van der Waals surface area (Å²) in [6.07, 6.45) is 4.56. The molecule has 0 aliphatic rings. The van der Waals surface area contributed by atoms with Crippen molar-refractivity contribution in [2.24, 2.45) is 5.92 Å². The lowest BCUT2D eigenvalue weighted by Crippen LogP contribution is -2.49. The lowest BCUT2D eigenvalue weighted by molar-refractivity contribution is -0.881. The molecule has 0 aromatic carbocycles. The Morgan fingerprint density at radius 1 is 0.743 bits per heavy atom. The van der Waals surface area contributed by atoms with E-state index < -0.39 is 0 Å². The number of quaternary nitrogens is 1. The molecule has 0 radical (unpaired) electrons. The summed E-state index contributed by atoms with van der Waals surface area (Å²) < 4.78 is 11.2. The number of likely N-dealkylation sites (N-methyl/N-ethyl adjacent to an activating group) is 1. The minimum Gasteiger partial charge on any atom is -0.377 e. The van der Waals surface area contributed by atoms with Crippen molar-refractivity contribution in [1.29, 1.82) is 0 Å². The van der Waals surface area contributed by atoms with Crippen molar-refractivity contribution in [1.82, 2.24) is 16.0 Å². The van der Waals surface area contributed by atoms with Gasteiger partial charge in [0, 0.05) is 31.8 Å². The molecule has 35 heavy (non-hydrogen) atoms. The molecule has 0 unspecified atom stereocenters. The number of rotatable bonds is 22. The average molecular weight is 502 g/mol. The fourth-order valence-corrected chi connectivity index (χ4v) is 3.07. The van der Waals surface area contributed by atoms with E-state index in [4.69, 9.17) is 9.47 Å². The molecular formula is C25H49N4O6+. The molecule has 0 aromatic heterocycles. The van der Waals surface area contributed by atoms with Crippen molar-refractivity contribution in [3.8, 4) is 0 Å². The number of hydrogen-bond donors (Lipinski definition) is 3. The maximum Gasteiger partial charge on any atom is 0.246 e. The molecule has 0 rings (SSSR count). The van der Waals surface area contributed by atoms with Gasteiger partial charge < -0.3 is 29.9 Å². The molecule has 0 saturated carbocycles. The molecule has 0 bridgehead atoms. The Morgan fingerprint density at radius 3 is 2.00 bits per heavy atom. The number of ether oxygens (including phenoxy) is 2. The number of unbranched alkanes of at least 4 members (excludes halogenated alkanes) is 2. The number of nitrogens with zero attached hydrogens (tertiary/aromatic N) is 1. The minimum atomic E-state index is -0.204. The second-order valence-electron chi connectivity index (χ2n) is 9.71. The van der Waals surface area contributed by atoms with Gasteiger partial charge in [0.25, 0.3) is 0 Å². The monoisotopic (exact) mass is 501 g/mol. The number of amides is 3. The predicted octanol–water partition coefficient (Wildman–Crippen LogP) is 1.03. The first-order valence-corrected chi connectivity index (χ1v) is 12.9. The van der Waals surface area contributed by atoms with Gasteiger partial charge in [0.1, 0.15) is 13.2 Å². The van der Waals surface area contributed by atoms with E-state index in [0.29, 0.717) is 69.7 Å². The van der Waals surface area contributed by atoms with Crippen LogP contribution in [0.25, 0.3) is 0 Å². The smallest absolute Gasteiger partial charge is 0.246 e. The van der Waals surface area contributed by atoms with Crippen molar-refractivity contribution in [2.45, 2.75) is 59.3 Å². The second-order valence-corrected chi connectivity index (χ2v) is 9.71. The van der Waals surface area contributed by atoms with Crippen LogP contribution in [-0.4, -0.2) is 101 Å². The van der Waals surface area contributed by atoms with E-state index in [2.05, 4.69) is 22.9 Å². The first-order valence-electron chi connectivity index (χ1n) is 12.9. The van der Waals surface area contributed by atoms with Gasteiger partial charge in [-0.25, -0.2) is 0 Å². The molecule has 3 N–H and O–H groups in total. The van der Waals surface area contributed by atoms with Crippen molar-refractivity contribution >= 4 is 23.5 Å². The van der Waals surface area contributed by atoms with Crippen LogP contribution in [0, 0.1) is 5.92 Å². The van der Waals surface area contributed by atoms with Gasteiger partial charge in [-0.1, -0.05) is 33.6 Å². The molecular weight excluding hydrogens is 452 g/mol. The summed E-state index contributed by atoms with van der Waals surface area (Å²) in [5.74, 6) is -0.00593. The summed E-state index contributed by atoms with van der Waals surface area (Å²) in [4.78, 5) is 47.1. The normalized spacial score (nSPS) is 11.4. The van der Waals surface area contributed by atoms with Crippen LogP contribution >= 0.6 is 0 Å². The summed E-state index contributed by atoms with van der Waals surface area (Å²) in [7, 11) is 3.94. The van der Waals surface area contributed by atoms with Crippen LogP contribution in [-0.2, 0) is 28.7 Å². The molecule has 0 heterocycles. The standard InChI is InChI=1S/C25H48N4O6/c1-6-7-8-10-23(31)26-12-9-11-24(32)28-14-16-34-17-18-35-20-25(33)27-13-15-29(4,5)19-22(30)21(2)3/h21H,6-20H2,1-5H3,(H2-,26,27,28,31,32,33)/p+1. The molecule has 3 amide bonds. The van der Waals surface area contributed by atoms with Crippen molar-refractivity contribution in [3.63, 3.8) is 0 Å². The highest BCUT2D eigenvalue weighted by Gasteiger charge is 2.21. The van der Waals surface area contributed by atoms with E-state index in [1.807, 2.05) is 27.9 Å². The van der Waals surface area contributed by atoms with Gasteiger partial charge in [0.2, 0.25) is 17.7 Å². The van der Waals surface area contributed by atoms with Crippen LogP contribution in [0.3, 0.4) is 0 Å². The van der Waals surface area contributed by atoms with Crippen LogP contribution < -0.4 is 16.0 Å². The SMILES string of the molecule is CCCCCC(=O)NCCCC(=O)NCCOCCOCC(=O)NCC[N+](C)(C)CC(=O)C(C)C. The Balaban J connectivity index is 3.58. The summed E-state index contributed by atoms with van der Waals surface area (Å²) in [5.41, 5.74) is 0. The molecule has 0 aromatic rings. The largest absolute Gasteiger partial charge is 0.377 e. The van der Waals surface area contributed by atoms with Crippen molar-refractivity contribution in [3.05, 3.63) is 0 Å². The van der Waals surface area contributed by atoms with Crippen LogP contribution in [0.1, 0.15) is 59.3 Å². The van der Waals surface area contributed by atoms with Gasteiger partial charge in [0.15, 0.2) is 5.78 Å². The Hall–Kier alpha value is -2.04. The molecule has 0 spiro atoms. The Labute approximate surface area is 211 Å². The first kappa shape index (κ1) is 33.0. The zero-order chi connectivity index (χ0) is 26.5. The predicted molar refractivity (Wildman–Crippen MR) is 136 cm³/mol. The molecule has 0 aliphatic carbocycles. The van der Waals surface area contributed by atoms with Gasteiger partial charge >= 0.3 is 0 Å². The van der Waals surface area contributed by atoms with E-state index in [0.717, 1.165) is 19.3 Å². The minimum absolute atomic E-state index is 0.0132. The average Bonchev–Trinajstić information content (AvgIpc) is 2.78. The fraction of sp³-hybridized carbons (Fsp3) is 0.840. The number of hydrogen-bond acceptors (Lipinski definition) is 6. The van der Waals surface area contributed by atoms with Crippen LogP contribution in [0.5, 0.6) is 0 Å². The number of Topliss-reactive ketones (excluding diaryl/α,β-unsaturated/α-hetero) is 1.